The molecule has 0 rings (SSSR count). The molecule has 0 fully saturated rings. The molecule has 12 heavy (non-hydrogen) atoms. The average molecular weight is 170 g/mol. The van der Waals surface area contributed by atoms with Gasteiger partial charge in [-0.15, -0.1) is 0 Å². The van der Waals surface area contributed by atoms with Gasteiger partial charge >= 0.3 is 72.3 Å². The van der Waals surface area contributed by atoms with E-state index in [1.54, 1.807) is 13.8 Å². The Morgan fingerprint density at radius 3 is 1.58 bits per heavy atom. The van der Waals surface area contributed by atoms with Crippen molar-refractivity contribution in [2.45, 2.75) is 38.9 Å². The molecule has 0 aromatic carbocycles. The summed E-state index contributed by atoms with van der Waals surface area (Å²) in [7, 11) is 0.853. The van der Waals surface area contributed by atoms with Crippen LogP contribution in [0.4, 0.5) is 0 Å². The predicted octanol–water partition coefficient (Wildman–Crippen LogP) is 0.506. The van der Waals surface area contributed by atoms with Crippen molar-refractivity contribution < 1.29 is 18.7 Å². The minimum absolute atomic E-state index is 0.111. The number of hydrogen-bond donors (Lipinski definition) is 0. The Kier molecular flexibility index (Phi) is 6.61. The van der Waals surface area contributed by atoms with E-state index in [4.69, 9.17) is 0 Å². The van der Waals surface area contributed by atoms with Crippen molar-refractivity contribution in [2.24, 2.45) is 0 Å². The van der Waals surface area contributed by atoms with Crippen LogP contribution in [0.15, 0.2) is 0 Å². The summed E-state index contributed by atoms with van der Waals surface area (Å²) >= 11 is 0. The molecule has 0 spiro atoms. The Morgan fingerprint density at radius 2 is 1.33 bits per heavy atom. The average Bonchev–Trinajstić information content (AvgIpc) is 2.02. The van der Waals surface area contributed by atoms with Crippen LogP contribution in [0.2, 0.25) is 0 Å². The summed E-state index contributed by atoms with van der Waals surface area (Å²) in [5, 5.41) is 0. The van der Waals surface area contributed by atoms with Crippen LogP contribution in [0.25, 0.3) is 0 Å². The Hall–Kier alpha value is -0.670. The van der Waals surface area contributed by atoms with Crippen molar-refractivity contribution in [2.75, 3.05) is 0 Å². The fraction of sp³-hybridized carbons (Fsp3) is 1.00. The molecule has 0 saturated heterocycles. The number of hydrogen-bond acceptors (Lipinski definition) is 4. The van der Waals surface area contributed by atoms with Crippen LogP contribution in [0, 0.1) is 0 Å². The van der Waals surface area contributed by atoms with Gasteiger partial charge in [-0.2, -0.15) is 0 Å². The molecule has 0 aliphatic heterocycles. The maximum absolute atomic E-state index is 9.88. The molecule has 0 saturated carbocycles. The van der Waals surface area contributed by atoms with Gasteiger partial charge in [-0.3, -0.25) is 0 Å². The van der Waals surface area contributed by atoms with Gasteiger partial charge in [0.2, 0.25) is 0 Å². The van der Waals surface area contributed by atoms with Crippen LogP contribution in [0.5, 0.6) is 0 Å². The molecule has 0 heterocycles. The summed E-state index contributed by atoms with van der Waals surface area (Å²) in [4.78, 5) is 0. The molecule has 2 unspecified atom stereocenters. The molecular weight excluding hydrogens is 158 g/mol. The van der Waals surface area contributed by atoms with Crippen LogP contribution < -0.4 is 0 Å². The third-order valence-electron chi connectivity index (χ3n) is 1.56. The molecule has 66 valence electrons. The van der Waals surface area contributed by atoms with Crippen molar-refractivity contribution in [1.29, 1.82) is 0 Å². The first-order chi connectivity index (χ1) is 5.70. The molecule has 0 aromatic rings. The van der Waals surface area contributed by atoms with Crippen molar-refractivity contribution >= 4 is 14.7 Å². The zero-order valence-corrected chi connectivity index (χ0v) is 7.36. The third-order valence-corrected chi connectivity index (χ3v) is 1.56. The van der Waals surface area contributed by atoms with E-state index in [9.17, 15) is 9.41 Å². The molecule has 0 bridgehead atoms. The number of rotatable bonds is 7. The first kappa shape index (κ1) is 11.3. The summed E-state index contributed by atoms with van der Waals surface area (Å²) in [5.74, 6) is 0. The summed E-state index contributed by atoms with van der Waals surface area (Å²) in [6, 6.07) is 0. The van der Waals surface area contributed by atoms with Crippen LogP contribution in [0.3, 0.4) is 0 Å². The fourth-order valence-corrected chi connectivity index (χ4v) is 0.795. The molecule has 0 N–H and O–H groups in total. The van der Waals surface area contributed by atoms with E-state index in [-0.39, 0.29) is 12.2 Å². The van der Waals surface area contributed by atoms with E-state index in [0.29, 0.717) is 27.5 Å². The molecule has 2 atom stereocenters. The van der Waals surface area contributed by atoms with Gasteiger partial charge in [-0.1, -0.05) is 0 Å². The van der Waals surface area contributed by atoms with Gasteiger partial charge in [-0.25, -0.2) is 0 Å². The second kappa shape index (κ2) is 7.00. The van der Waals surface area contributed by atoms with Crippen molar-refractivity contribution in [1.82, 2.24) is 0 Å². The molecule has 4 nitrogen and oxygen atoms in total. The minimum atomic E-state index is -0.111. The van der Waals surface area contributed by atoms with E-state index >= 15 is 0 Å². The quantitative estimate of drug-likeness (QED) is 0.522. The standard InChI is InChI=1S/C6H12B2O4/c1-5(11-7-9)3-4-6(2)12-8-10/h5-6H,3-4H2,1-2H3. The van der Waals surface area contributed by atoms with Gasteiger partial charge in [-0.05, 0) is 0 Å². The van der Waals surface area contributed by atoms with Gasteiger partial charge in [0.15, 0.2) is 0 Å². The second-order valence-corrected chi connectivity index (χ2v) is 2.66. The first-order valence-corrected chi connectivity index (χ1v) is 3.89. The molecule has 6 heteroatoms. The van der Waals surface area contributed by atoms with Gasteiger partial charge in [0.1, 0.15) is 0 Å². The monoisotopic (exact) mass is 170 g/mol. The van der Waals surface area contributed by atoms with Crippen molar-refractivity contribution in [3.63, 3.8) is 0 Å². The Balaban J connectivity index is 3.38. The fourth-order valence-electron chi connectivity index (χ4n) is 0.795. The summed E-state index contributed by atoms with van der Waals surface area (Å²) in [6.07, 6.45) is 1.18. The van der Waals surface area contributed by atoms with Gasteiger partial charge in [0.25, 0.3) is 0 Å². The SMILES string of the molecule is CC(CCC(C)OB=O)OB=O. The van der Waals surface area contributed by atoms with E-state index in [1.807, 2.05) is 0 Å². The molecule has 0 amide bonds. The molecular formula is C6H12B2O4. The zero-order valence-electron chi connectivity index (χ0n) is 7.36. The van der Waals surface area contributed by atoms with Gasteiger partial charge in [0, 0.05) is 0 Å². The second-order valence-electron chi connectivity index (χ2n) is 2.66. The van der Waals surface area contributed by atoms with E-state index < -0.39 is 0 Å². The van der Waals surface area contributed by atoms with Crippen molar-refractivity contribution in [3.8, 4) is 0 Å². The molecule has 0 aliphatic rings. The molecule has 0 aliphatic carbocycles. The van der Waals surface area contributed by atoms with Crippen LogP contribution >= 0.6 is 0 Å². The van der Waals surface area contributed by atoms with E-state index in [1.165, 1.54) is 0 Å². The molecule has 0 aromatic heterocycles. The summed E-state index contributed by atoms with van der Waals surface area (Å²) in [5.41, 5.74) is 0. The van der Waals surface area contributed by atoms with Gasteiger partial charge in [0.05, 0.1) is 0 Å². The Morgan fingerprint density at radius 1 is 1.00 bits per heavy atom. The maximum atomic E-state index is 9.88. The first-order valence-electron chi connectivity index (χ1n) is 3.89. The van der Waals surface area contributed by atoms with Crippen LogP contribution in [-0.4, -0.2) is 26.9 Å². The summed E-state index contributed by atoms with van der Waals surface area (Å²) in [6.45, 7) is 3.59. The Bertz CT molecular complexity index is 126. The van der Waals surface area contributed by atoms with E-state index in [2.05, 4.69) is 9.31 Å². The van der Waals surface area contributed by atoms with Gasteiger partial charge < -0.3 is 0 Å². The van der Waals surface area contributed by atoms with E-state index in [0.717, 1.165) is 0 Å². The summed E-state index contributed by atoms with van der Waals surface area (Å²) < 4.78 is 29.0. The third kappa shape index (κ3) is 6.07. The molecule has 0 radical (unpaired) electrons. The Labute approximate surface area is 73.2 Å². The van der Waals surface area contributed by atoms with Crippen LogP contribution in [0.1, 0.15) is 26.7 Å². The predicted molar refractivity (Wildman–Crippen MR) is 43.2 cm³/mol. The normalized spacial score (nSPS) is 13.8. The topological polar surface area (TPSA) is 52.6 Å². The van der Waals surface area contributed by atoms with Crippen LogP contribution in [-0.2, 0) is 18.7 Å². The van der Waals surface area contributed by atoms with Crippen molar-refractivity contribution in [3.05, 3.63) is 0 Å². The zero-order chi connectivity index (χ0) is 9.40.